The van der Waals surface area contributed by atoms with Gasteiger partial charge in [-0.1, -0.05) is 0 Å². The van der Waals surface area contributed by atoms with Crippen molar-refractivity contribution in [2.45, 2.75) is 18.9 Å². The van der Waals surface area contributed by atoms with Gasteiger partial charge in [0.2, 0.25) is 5.91 Å². The van der Waals surface area contributed by atoms with Crippen LogP contribution in [0.5, 0.6) is 0 Å². The van der Waals surface area contributed by atoms with Crippen molar-refractivity contribution in [2.75, 3.05) is 12.3 Å². The highest BCUT2D eigenvalue weighted by atomic mass is 32.3. The fourth-order valence-corrected chi connectivity index (χ4v) is 3.24. The number of hydrogen-bond donors (Lipinski definition) is 1. The third-order valence-electron chi connectivity index (χ3n) is 3.31. The first-order valence-electron chi connectivity index (χ1n) is 6.23. The Kier molecular flexibility index (Phi) is 4.31. The summed E-state index contributed by atoms with van der Waals surface area (Å²) in [5.74, 6) is -2.82. The lowest BCUT2D eigenvalue weighted by Gasteiger charge is -2.23. The molecule has 21 heavy (non-hydrogen) atoms. The molecule has 116 valence electrons. The molecule has 2 rings (SSSR count). The Labute approximate surface area is 120 Å². The highest BCUT2D eigenvalue weighted by molar-refractivity contribution is 7.86. The molecule has 1 aromatic rings. The third-order valence-corrected chi connectivity index (χ3v) is 4.18. The van der Waals surface area contributed by atoms with Gasteiger partial charge in [0, 0.05) is 25.3 Å². The summed E-state index contributed by atoms with van der Waals surface area (Å²) >= 11 is 0. The molecular weight excluding hydrogens is 305 g/mol. The molecule has 0 radical (unpaired) electrons. The molecule has 9 heteroatoms. The minimum Gasteiger partial charge on any atom is -0.480 e. The van der Waals surface area contributed by atoms with E-state index < -0.39 is 39.8 Å². The average molecular weight is 319 g/mol. The number of nitrogens with zero attached hydrogens (tertiary/aromatic N) is 1. The molecule has 0 saturated carbocycles. The highest BCUT2D eigenvalue weighted by Gasteiger charge is 2.39. The molecule has 1 fully saturated rings. The number of furan rings is 1. The van der Waals surface area contributed by atoms with Crippen molar-refractivity contribution in [1.29, 1.82) is 0 Å². The number of carboxylic acids is 1. The summed E-state index contributed by atoms with van der Waals surface area (Å²) in [7, 11) is -4.70. The van der Waals surface area contributed by atoms with Gasteiger partial charge in [-0.05, 0) is 12.1 Å². The summed E-state index contributed by atoms with van der Waals surface area (Å²) in [6.45, 7) is -0.0976. The van der Waals surface area contributed by atoms with Gasteiger partial charge in [0.05, 0.1) is 12.0 Å². The lowest BCUT2D eigenvalue weighted by atomic mass is 10.1. The van der Waals surface area contributed by atoms with Gasteiger partial charge in [-0.25, -0.2) is 4.79 Å². The number of hydrogen-bond acceptors (Lipinski definition) is 5. The summed E-state index contributed by atoms with van der Waals surface area (Å²) in [5, 5.41) is 9.24. The van der Waals surface area contributed by atoms with Crippen LogP contribution in [0.3, 0.4) is 0 Å². The molecule has 1 amide bonds. The smallest absolute Gasteiger partial charge is 0.326 e. The van der Waals surface area contributed by atoms with Crippen LogP contribution in [0.25, 0.3) is 0 Å². The number of carboxylic acid groups (broad SMARTS) is 1. The predicted molar refractivity (Wildman–Crippen MR) is 68.6 cm³/mol. The molecule has 2 unspecified atom stereocenters. The maximum atomic E-state index is 12.7. The Hall–Kier alpha value is -1.90. The first-order chi connectivity index (χ1) is 9.76. The summed E-state index contributed by atoms with van der Waals surface area (Å²) in [6.07, 6.45) is 1.19. The van der Waals surface area contributed by atoms with Crippen molar-refractivity contribution in [2.24, 2.45) is 5.92 Å². The fraction of sp³-hybridized carbons (Fsp3) is 0.500. The van der Waals surface area contributed by atoms with E-state index in [2.05, 4.69) is 0 Å². The van der Waals surface area contributed by atoms with E-state index in [1.807, 2.05) is 0 Å². The lowest BCUT2D eigenvalue weighted by molar-refractivity contribution is -0.148. The first kappa shape index (κ1) is 15.5. The molecule has 1 N–H and O–H groups in total. The molecule has 2 heterocycles. The Morgan fingerprint density at radius 3 is 2.81 bits per heavy atom. The van der Waals surface area contributed by atoms with Crippen LogP contribution in [-0.2, 0) is 26.2 Å². The van der Waals surface area contributed by atoms with E-state index in [-0.39, 0.29) is 19.4 Å². The normalized spacial score (nSPS) is 20.7. The monoisotopic (exact) mass is 319 g/mol. The van der Waals surface area contributed by atoms with Gasteiger partial charge < -0.3 is 14.4 Å². The van der Waals surface area contributed by atoms with Crippen LogP contribution in [0, 0.1) is 5.92 Å². The molecule has 0 bridgehead atoms. The zero-order valence-corrected chi connectivity index (χ0v) is 11.8. The van der Waals surface area contributed by atoms with Gasteiger partial charge in [0.25, 0.3) is 0 Å². The summed E-state index contributed by atoms with van der Waals surface area (Å²) in [6, 6.07) is 2.02. The van der Waals surface area contributed by atoms with Gasteiger partial charge in [-0.15, -0.1) is 3.89 Å². The van der Waals surface area contributed by atoms with E-state index >= 15 is 0 Å². The second kappa shape index (κ2) is 5.84. The van der Waals surface area contributed by atoms with Gasteiger partial charge in [-0.2, -0.15) is 8.42 Å². The zero-order chi connectivity index (χ0) is 15.6. The van der Waals surface area contributed by atoms with Crippen molar-refractivity contribution >= 4 is 22.1 Å². The highest BCUT2D eigenvalue weighted by Crippen LogP contribution is 2.24. The molecule has 0 aromatic carbocycles. The molecule has 0 spiro atoms. The Morgan fingerprint density at radius 2 is 2.29 bits per heavy atom. The van der Waals surface area contributed by atoms with E-state index in [4.69, 9.17) is 4.42 Å². The van der Waals surface area contributed by atoms with Crippen LogP contribution in [0.4, 0.5) is 3.89 Å². The number of rotatable bonds is 6. The lowest BCUT2D eigenvalue weighted by Crippen LogP contribution is -2.43. The number of amides is 1. The van der Waals surface area contributed by atoms with Gasteiger partial charge >= 0.3 is 16.2 Å². The molecule has 1 saturated heterocycles. The topological polar surface area (TPSA) is 105 Å². The molecule has 1 aromatic heterocycles. The molecule has 1 aliphatic heterocycles. The summed E-state index contributed by atoms with van der Waals surface area (Å²) in [5.41, 5.74) is 0. The number of carbonyl (C=O) groups is 2. The maximum absolute atomic E-state index is 12.7. The van der Waals surface area contributed by atoms with E-state index in [0.717, 1.165) is 4.90 Å². The molecular formula is C12H14FNO6S. The van der Waals surface area contributed by atoms with Gasteiger partial charge in [0.15, 0.2) is 0 Å². The van der Waals surface area contributed by atoms with Crippen LogP contribution in [-0.4, -0.2) is 48.6 Å². The van der Waals surface area contributed by atoms with Crippen LogP contribution in [0.2, 0.25) is 0 Å². The minimum atomic E-state index is -4.70. The van der Waals surface area contributed by atoms with Crippen molar-refractivity contribution < 1.29 is 31.4 Å². The van der Waals surface area contributed by atoms with Crippen LogP contribution < -0.4 is 0 Å². The van der Waals surface area contributed by atoms with Crippen LogP contribution in [0.1, 0.15) is 12.2 Å². The Bertz CT molecular complexity index is 626. The minimum absolute atomic E-state index is 0.0246. The average Bonchev–Trinajstić information content (AvgIpc) is 2.93. The van der Waals surface area contributed by atoms with Gasteiger partial charge in [0.1, 0.15) is 11.8 Å². The maximum Gasteiger partial charge on any atom is 0.326 e. The van der Waals surface area contributed by atoms with Crippen LogP contribution >= 0.6 is 0 Å². The van der Waals surface area contributed by atoms with Crippen molar-refractivity contribution in [3.8, 4) is 0 Å². The van der Waals surface area contributed by atoms with E-state index in [1.165, 1.54) is 6.26 Å². The number of aliphatic carboxylic acids is 1. The molecule has 7 nitrogen and oxygen atoms in total. The zero-order valence-electron chi connectivity index (χ0n) is 10.9. The number of likely N-dealkylation sites (tertiary alicyclic amines) is 1. The predicted octanol–water partition coefficient (Wildman–Crippen LogP) is 0.423. The molecule has 1 aliphatic rings. The molecule has 2 atom stereocenters. The SMILES string of the molecule is O=C(O)C(Cc1ccco1)N1CC(CS(=O)(=O)F)CC1=O. The van der Waals surface area contributed by atoms with Crippen molar-refractivity contribution in [3.05, 3.63) is 24.2 Å². The second-order valence-electron chi connectivity index (χ2n) is 4.96. The summed E-state index contributed by atoms with van der Waals surface area (Å²) in [4.78, 5) is 24.3. The van der Waals surface area contributed by atoms with Gasteiger partial charge in [-0.3, -0.25) is 4.79 Å². The van der Waals surface area contributed by atoms with E-state index in [0.29, 0.717) is 5.76 Å². The van der Waals surface area contributed by atoms with Crippen molar-refractivity contribution in [3.63, 3.8) is 0 Å². The Morgan fingerprint density at radius 1 is 1.57 bits per heavy atom. The molecule has 0 aliphatic carbocycles. The number of halogens is 1. The number of carbonyl (C=O) groups excluding carboxylic acids is 1. The Balaban J connectivity index is 2.10. The van der Waals surface area contributed by atoms with Crippen LogP contribution in [0.15, 0.2) is 22.8 Å². The second-order valence-corrected chi connectivity index (χ2v) is 6.37. The van der Waals surface area contributed by atoms with Crippen molar-refractivity contribution in [1.82, 2.24) is 4.90 Å². The quantitative estimate of drug-likeness (QED) is 0.762. The summed E-state index contributed by atoms with van der Waals surface area (Å²) < 4.78 is 39.0. The standard InChI is InChI=1S/C12H14FNO6S/c13-21(18,19)7-8-4-11(15)14(6-8)10(12(16)17)5-9-2-1-3-20-9/h1-3,8,10H,4-7H2,(H,16,17). The van der Waals surface area contributed by atoms with E-state index in [9.17, 15) is 27.0 Å². The largest absolute Gasteiger partial charge is 0.480 e. The van der Waals surface area contributed by atoms with E-state index in [1.54, 1.807) is 12.1 Å². The third kappa shape index (κ3) is 4.03. The fourth-order valence-electron chi connectivity index (χ4n) is 2.45. The first-order valence-corrected chi connectivity index (χ1v) is 7.78.